The summed E-state index contributed by atoms with van der Waals surface area (Å²) in [5, 5.41) is 3.45. The van der Waals surface area contributed by atoms with Gasteiger partial charge >= 0.3 is 0 Å². The second-order valence-electron chi connectivity index (χ2n) is 4.63. The molecule has 0 aromatic rings. The quantitative estimate of drug-likeness (QED) is 0.695. The standard InChI is InChI=1S/C11H24N2O/c1-9(2)12-5-6-13(10(3)4)11-7-14-8-11/h9-12H,5-8H2,1-4H3. The molecule has 3 nitrogen and oxygen atoms in total. The average molecular weight is 200 g/mol. The second-order valence-corrected chi connectivity index (χ2v) is 4.63. The molecule has 0 saturated carbocycles. The molecular formula is C11H24N2O. The van der Waals surface area contributed by atoms with Gasteiger partial charge in [0.1, 0.15) is 0 Å². The van der Waals surface area contributed by atoms with Gasteiger partial charge < -0.3 is 10.1 Å². The molecule has 0 bridgehead atoms. The first-order chi connectivity index (χ1) is 6.61. The van der Waals surface area contributed by atoms with E-state index < -0.39 is 0 Å². The number of hydrogen-bond donors (Lipinski definition) is 1. The first kappa shape index (κ1) is 12.0. The molecule has 84 valence electrons. The first-order valence-electron chi connectivity index (χ1n) is 5.68. The molecule has 1 fully saturated rings. The SMILES string of the molecule is CC(C)NCCN(C(C)C)C1COC1. The number of ether oxygens (including phenoxy) is 1. The molecule has 1 saturated heterocycles. The molecule has 0 aromatic heterocycles. The van der Waals surface area contributed by atoms with E-state index in [0.717, 1.165) is 26.3 Å². The summed E-state index contributed by atoms with van der Waals surface area (Å²) in [6.07, 6.45) is 0. The van der Waals surface area contributed by atoms with E-state index in [1.165, 1.54) is 0 Å². The third kappa shape index (κ3) is 3.56. The minimum Gasteiger partial charge on any atom is -0.378 e. The van der Waals surface area contributed by atoms with Crippen molar-refractivity contribution in [3.05, 3.63) is 0 Å². The van der Waals surface area contributed by atoms with Crippen molar-refractivity contribution in [3.8, 4) is 0 Å². The summed E-state index contributed by atoms with van der Waals surface area (Å²) in [6, 6.07) is 1.86. The summed E-state index contributed by atoms with van der Waals surface area (Å²) >= 11 is 0. The molecule has 0 amide bonds. The molecule has 1 aliphatic rings. The molecule has 1 aliphatic heterocycles. The van der Waals surface area contributed by atoms with Gasteiger partial charge in [-0.15, -0.1) is 0 Å². The third-order valence-electron chi connectivity index (χ3n) is 2.68. The lowest BCUT2D eigenvalue weighted by Crippen LogP contribution is -2.53. The Bertz CT molecular complexity index is 155. The first-order valence-corrected chi connectivity index (χ1v) is 5.68. The molecule has 14 heavy (non-hydrogen) atoms. The molecule has 3 heteroatoms. The van der Waals surface area contributed by atoms with Gasteiger partial charge in [-0.25, -0.2) is 0 Å². The molecule has 0 radical (unpaired) electrons. The Kier molecular flexibility index (Phi) is 4.85. The zero-order valence-electron chi connectivity index (χ0n) is 9.92. The van der Waals surface area contributed by atoms with Crippen LogP contribution >= 0.6 is 0 Å². The van der Waals surface area contributed by atoms with E-state index in [2.05, 4.69) is 37.9 Å². The Morgan fingerprint density at radius 3 is 2.29 bits per heavy atom. The topological polar surface area (TPSA) is 24.5 Å². The maximum Gasteiger partial charge on any atom is 0.0645 e. The van der Waals surface area contributed by atoms with Crippen molar-refractivity contribution < 1.29 is 4.74 Å². The molecule has 0 aliphatic carbocycles. The maximum absolute atomic E-state index is 5.23. The van der Waals surface area contributed by atoms with Gasteiger partial charge in [0.2, 0.25) is 0 Å². The van der Waals surface area contributed by atoms with Gasteiger partial charge in [-0.1, -0.05) is 13.8 Å². The number of nitrogens with zero attached hydrogens (tertiary/aromatic N) is 1. The van der Waals surface area contributed by atoms with Crippen LogP contribution in [0.15, 0.2) is 0 Å². The highest BCUT2D eigenvalue weighted by Crippen LogP contribution is 2.12. The van der Waals surface area contributed by atoms with Crippen molar-refractivity contribution in [3.63, 3.8) is 0 Å². The fourth-order valence-electron chi connectivity index (χ4n) is 1.76. The van der Waals surface area contributed by atoms with E-state index >= 15 is 0 Å². The Balaban J connectivity index is 2.21. The van der Waals surface area contributed by atoms with E-state index in [9.17, 15) is 0 Å². The Morgan fingerprint density at radius 2 is 1.93 bits per heavy atom. The third-order valence-corrected chi connectivity index (χ3v) is 2.68. The highest BCUT2D eigenvalue weighted by molar-refractivity contribution is 4.80. The van der Waals surface area contributed by atoms with E-state index in [-0.39, 0.29) is 0 Å². The van der Waals surface area contributed by atoms with Crippen LogP contribution in [0.1, 0.15) is 27.7 Å². The molecule has 1 N–H and O–H groups in total. The summed E-state index contributed by atoms with van der Waals surface area (Å²) in [7, 11) is 0. The molecule has 0 atom stereocenters. The minimum atomic E-state index is 0.585. The van der Waals surface area contributed by atoms with Crippen molar-refractivity contribution >= 4 is 0 Å². The van der Waals surface area contributed by atoms with Crippen LogP contribution in [-0.2, 0) is 4.74 Å². The highest BCUT2D eigenvalue weighted by Gasteiger charge is 2.27. The van der Waals surface area contributed by atoms with Gasteiger partial charge in [-0.05, 0) is 13.8 Å². The summed E-state index contributed by atoms with van der Waals surface area (Å²) in [4.78, 5) is 2.53. The minimum absolute atomic E-state index is 0.585. The smallest absolute Gasteiger partial charge is 0.0645 e. The Morgan fingerprint density at radius 1 is 1.29 bits per heavy atom. The van der Waals surface area contributed by atoms with Crippen molar-refractivity contribution in [2.45, 2.75) is 45.8 Å². The Hall–Kier alpha value is -0.120. The average Bonchev–Trinajstić information content (AvgIpc) is 1.98. The molecular weight excluding hydrogens is 176 g/mol. The second kappa shape index (κ2) is 5.69. The van der Waals surface area contributed by atoms with E-state index in [4.69, 9.17) is 4.74 Å². The lowest BCUT2D eigenvalue weighted by molar-refractivity contribution is -0.0745. The van der Waals surface area contributed by atoms with E-state index in [1.807, 2.05) is 0 Å². The van der Waals surface area contributed by atoms with Crippen molar-refractivity contribution in [2.75, 3.05) is 26.3 Å². The Labute approximate surface area is 87.8 Å². The zero-order chi connectivity index (χ0) is 10.6. The fraction of sp³-hybridized carbons (Fsp3) is 1.00. The molecule has 1 rings (SSSR count). The van der Waals surface area contributed by atoms with Crippen LogP contribution in [0.2, 0.25) is 0 Å². The molecule has 0 spiro atoms. The van der Waals surface area contributed by atoms with Crippen molar-refractivity contribution in [1.29, 1.82) is 0 Å². The van der Waals surface area contributed by atoms with E-state index in [0.29, 0.717) is 18.1 Å². The molecule has 1 heterocycles. The molecule has 0 aromatic carbocycles. The fourth-order valence-corrected chi connectivity index (χ4v) is 1.76. The summed E-state index contributed by atoms with van der Waals surface area (Å²) < 4.78 is 5.23. The molecule has 0 unspecified atom stereocenters. The van der Waals surface area contributed by atoms with Gasteiger partial charge in [0.05, 0.1) is 19.3 Å². The van der Waals surface area contributed by atoms with Crippen LogP contribution in [0, 0.1) is 0 Å². The van der Waals surface area contributed by atoms with Crippen LogP contribution in [0.5, 0.6) is 0 Å². The van der Waals surface area contributed by atoms with Crippen LogP contribution in [-0.4, -0.2) is 49.3 Å². The lowest BCUT2D eigenvalue weighted by Gasteiger charge is -2.40. The van der Waals surface area contributed by atoms with Crippen LogP contribution in [0.4, 0.5) is 0 Å². The maximum atomic E-state index is 5.23. The normalized spacial score (nSPS) is 18.2. The van der Waals surface area contributed by atoms with Crippen LogP contribution in [0.25, 0.3) is 0 Å². The number of rotatable bonds is 6. The summed E-state index contributed by atoms with van der Waals surface area (Å²) in [5.74, 6) is 0. The van der Waals surface area contributed by atoms with Gasteiger partial charge in [0.15, 0.2) is 0 Å². The zero-order valence-corrected chi connectivity index (χ0v) is 9.92. The highest BCUT2D eigenvalue weighted by atomic mass is 16.5. The van der Waals surface area contributed by atoms with Gasteiger partial charge in [-0.2, -0.15) is 0 Å². The summed E-state index contributed by atoms with van der Waals surface area (Å²) in [5.41, 5.74) is 0. The van der Waals surface area contributed by atoms with Gasteiger partial charge in [-0.3, -0.25) is 4.90 Å². The predicted molar refractivity (Wildman–Crippen MR) is 59.6 cm³/mol. The van der Waals surface area contributed by atoms with Crippen molar-refractivity contribution in [2.24, 2.45) is 0 Å². The van der Waals surface area contributed by atoms with Gasteiger partial charge in [0, 0.05) is 25.2 Å². The predicted octanol–water partition coefficient (Wildman–Crippen LogP) is 1.09. The van der Waals surface area contributed by atoms with E-state index in [1.54, 1.807) is 0 Å². The number of hydrogen-bond acceptors (Lipinski definition) is 3. The van der Waals surface area contributed by atoms with Crippen LogP contribution in [0.3, 0.4) is 0 Å². The summed E-state index contributed by atoms with van der Waals surface area (Å²) in [6.45, 7) is 12.9. The van der Waals surface area contributed by atoms with Crippen LogP contribution < -0.4 is 5.32 Å². The van der Waals surface area contributed by atoms with Gasteiger partial charge in [0.25, 0.3) is 0 Å². The monoisotopic (exact) mass is 200 g/mol. The largest absolute Gasteiger partial charge is 0.378 e. The lowest BCUT2D eigenvalue weighted by atomic mass is 10.1. The number of nitrogens with one attached hydrogen (secondary N) is 1. The van der Waals surface area contributed by atoms with Crippen molar-refractivity contribution in [1.82, 2.24) is 10.2 Å².